The van der Waals surface area contributed by atoms with E-state index in [0.29, 0.717) is 30.1 Å². The number of rotatable bonds is 4. The monoisotopic (exact) mass is 289 g/mol. The van der Waals surface area contributed by atoms with Crippen LogP contribution in [0.1, 0.15) is 5.82 Å². The molecule has 0 unspecified atom stereocenters. The van der Waals surface area contributed by atoms with E-state index in [9.17, 15) is 9.59 Å². The van der Waals surface area contributed by atoms with Gasteiger partial charge >= 0.3 is 5.69 Å². The van der Waals surface area contributed by atoms with Gasteiger partial charge in [-0.1, -0.05) is 0 Å². The molecule has 0 aliphatic heterocycles. The first-order chi connectivity index (χ1) is 10.1. The van der Waals surface area contributed by atoms with E-state index in [2.05, 4.69) is 25.3 Å². The van der Waals surface area contributed by atoms with Gasteiger partial charge in [-0.15, -0.1) is 0 Å². The summed E-state index contributed by atoms with van der Waals surface area (Å²) in [7, 11) is 3.02. The summed E-state index contributed by atoms with van der Waals surface area (Å²) in [6, 6.07) is 0. The van der Waals surface area contributed by atoms with Crippen LogP contribution < -0.4 is 16.6 Å². The molecular weight excluding hydrogens is 274 g/mol. The van der Waals surface area contributed by atoms with Gasteiger partial charge in [0, 0.05) is 39.5 Å². The van der Waals surface area contributed by atoms with Crippen LogP contribution in [0.4, 0.5) is 5.95 Å². The lowest BCUT2D eigenvalue weighted by molar-refractivity contribution is 0.709. The van der Waals surface area contributed by atoms with E-state index in [0.717, 1.165) is 10.4 Å². The summed E-state index contributed by atoms with van der Waals surface area (Å²) in [5.74, 6) is 1.32. The van der Waals surface area contributed by atoms with E-state index >= 15 is 0 Å². The van der Waals surface area contributed by atoms with E-state index in [1.165, 1.54) is 11.6 Å². The largest absolute Gasteiger partial charge is 0.355 e. The molecule has 21 heavy (non-hydrogen) atoms. The first-order valence-electron chi connectivity index (χ1n) is 6.46. The zero-order valence-electron chi connectivity index (χ0n) is 11.7. The Morgan fingerprint density at radius 1 is 1.29 bits per heavy atom. The molecule has 3 heterocycles. The van der Waals surface area contributed by atoms with Crippen molar-refractivity contribution >= 4 is 17.1 Å². The Balaban J connectivity index is 1.88. The maximum Gasteiger partial charge on any atom is 0.332 e. The maximum absolute atomic E-state index is 12.0. The molecular formula is C12H15N7O2. The van der Waals surface area contributed by atoms with Gasteiger partial charge in [0.1, 0.15) is 5.82 Å². The lowest BCUT2D eigenvalue weighted by atomic mass is 10.4. The predicted octanol–water partition coefficient (Wildman–Crippen LogP) is -0.662. The van der Waals surface area contributed by atoms with Crippen molar-refractivity contribution in [1.82, 2.24) is 29.1 Å². The number of hydrogen-bond donors (Lipinski definition) is 3. The number of imidazole rings is 2. The molecule has 3 aromatic rings. The zero-order valence-corrected chi connectivity index (χ0v) is 11.7. The number of aromatic amines is 2. The third-order valence-corrected chi connectivity index (χ3v) is 3.30. The van der Waals surface area contributed by atoms with Crippen LogP contribution in [0, 0.1) is 0 Å². The quantitative estimate of drug-likeness (QED) is 0.590. The number of fused-ring (bicyclic) bond motifs is 1. The van der Waals surface area contributed by atoms with Gasteiger partial charge in [0.2, 0.25) is 5.95 Å². The molecule has 3 aromatic heterocycles. The first kappa shape index (κ1) is 13.2. The second-order valence-corrected chi connectivity index (χ2v) is 4.70. The molecule has 0 aromatic carbocycles. The molecule has 110 valence electrons. The Hall–Kier alpha value is -2.84. The first-order valence-corrected chi connectivity index (χ1v) is 6.46. The summed E-state index contributed by atoms with van der Waals surface area (Å²) >= 11 is 0. The molecule has 0 atom stereocenters. The fourth-order valence-corrected chi connectivity index (χ4v) is 2.14. The van der Waals surface area contributed by atoms with Gasteiger partial charge in [0.05, 0.1) is 0 Å². The molecule has 0 aliphatic carbocycles. The third kappa shape index (κ3) is 2.22. The van der Waals surface area contributed by atoms with Gasteiger partial charge in [0.25, 0.3) is 5.56 Å². The summed E-state index contributed by atoms with van der Waals surface area (Å²) in [4.78, 5) is 38.1. The van der Waals surface area contributed by atoms with Crippen LogP contribution in [0.15, 0.2) is 22.0 Å². The second-order valence-electron chi connectivity index (χ2n) is 4.70. The highest BCUT2D eigenvalue weighted by molar-refractivity contribution is 5.72. The van der Waals surface area contributed by atoms with E-state index in [-0.39, 0.29) is 5.56 Å². The Kier molecular flexibility index (Phi) is 3.09. The van der Waals surface area contributed by atoms with Crippen molar-refractivity contribution in [3.63, 3.8) is 0 Å². The van der Waals surface area contributed by atoms with Crippen LogP contribution in [-0.2, 0) is 20.5 Å². The molecule has 0 bridgehead atoms. The third-order valence-electron chi connectivity index (χ3n) is 3.30. The van der Waals surface area contributed by atoms with E-state index < -0.39 is 5.69 Å². The summed E-state index contributed by atoms with van der Waals surface area (Å²) in [6.07, 6.45) is 4.15. The number of aromatic nitrogens is 6. The Bertz CT molecular complexity index is 885. The van der Waals surface area contributed by atoms with Gasteiger partial charge in [-0.25, -0.2) is 9.78 Å². The molecule has 0 aliphatic rings. The molecule has 0 radical (unpaired) electrons. The fraction of sp³-hybridized carbons (Fsp3) is 0.333. The SMILES string of the molecule is Cn1c(=O)c2[nH]c(NCCc3ncc[nH]3)nc2n(C)c1=O. The molecule has 3 N–H and O–H groups in total. The molecule has 9 heteroatoms. The highest BCUT2D eigenvalue weighted by Gasteiger charge is 2.13. The smallest absolute Gasteiger partial charge is 0.332 e. The molecule has 3 rings (SSSR count). The molecule has 0 amide bonds. The van der Waals surface area contributed by atoms with Gasteiger partial charge in [-0.05, 0) is 0 Å². The van der Waals surface area contributed by atoms with E-state index in [1.807, 2.05) is 0 Å². The normalized spacial score (nSPS) is 11.1. The van der Waals surface area contributed by atoms with Crippen molar-refractivity contribution in [2.45, 2.75) is 6.42 Å². The number of nitrogens with one attached hydrogen (secondary N) is 3. The minimum Gasteiger partial charge on any atom is -0.355 e. The van der Waals surface area contributed by atoms with Crippen molar-refractivity contribution in [1.29, 1.82) is 0 Å². The number of aryl methyl sites for hydroxylation is 1. The van der Waals surface area contributed by atoms with Crippen LogP contribution in [0.5, 0.6) is 0 Å². The summed E-state index contributed by atoms with van der Waals surface area (Å²) in [5.41, 5.74) is -0.149. The van der Waals surface area contributed by atoms with Crippen molar-refractivity contribution in [3.05, 3.63) is 39.1 Å². The highest BCUT2D eigenvalue weighted by Crippen LogP contribution is 2.08. The van der Waals surface area contributed by atoms with Crippen molar-refractivity contribution in [3.8, 4) is 0 Å². The Labute approximate surface area is 118 Å². The summed E-state index contributed by atoms with van der Waals surface area (Å²) < 4.78 is 2.39. The minimum absolute atomic E-state index is 0.306. The highest BCUT2D eigenvalue weighted by atomic mass is 16.2. The van der Waals surface area contributed by atoms with Crippen molar-refractivity contribution in [2.75, 3.05) is 11.9 Å². The number of anilines is 1. The minimum atomic E-state index is -0.402. The Morgan fingerprint density at radius 3 is 2.81 bits per heavy atom. The van der Waals surface area contributed by atoms with Crippen LogP contribution in [0.2, 0.25) is 0 Å². The van der Waals surface area contributed by atoms with Gasteiger partial charge in [-0.2, -0.15) is 4.98 Å². The molecule has 0 fully saturated rings. The average Bonchev–Trinajstić information content (AvgIpc) is 3.12. The van der Waals surface area contributed by atoms with E-state index in [4.69, 9.17) is 0 Å². The van der Waals surface area contributed by atoms with Gasteiger partial charge < -0.3 is 15.3 Å². The van der Waals surface area contributed by atoms with Crippen LogP contribution >= 0.6 is 0 Å². The number of H-pyrrole nitrogens is 2. The molecule has 0 saturated carbocycles. The van der Waals surface area contributed by atoms with Gasteiger partial charge in [0.15, 0.2) is 11.2 Å². The molecule has 9 nitrogen and oxygen atoms in total. The number of nitrogens with zero attached hydrogens (tertiary/aromatic N) is 4. The standard InChI is InChI=1S/C12H15N7O2/c1-18-9-8(10(20)19(2)12(18)21)16-11(17-9)15-4-3-7-13-5-6-14-7/h5-6H,3-4H2,1-2H3,(H,13,14)(H2,15,16,17). The van der Waals surface area contributed by atoms with Crippen molar-refractivity contribution < 1.29 is 0 Å². The second kappa shape index (κ2) is 4.93. The topological polar surface area (TPSA) is 113 Å². The lowest BCUT2D eigenvalue weighted by Gasteiger charge is -2.00. The zero-order chi connectivity index (χ0) is 15.0. The van der Waals surface area contributed by atoms with E-state index in [1.54, 1.807) is 19.4 Å². The Morgan fingerprint density at radius 2 is 2.10 bits per heavy atom. The lowest BCUT2D eigenvalue weighted by Crippen LogP contribution is -2.36. The van der Waals surface area contributed by atoms with Crippen LogP contribution in [0.25, 0.3) is 11.2 Å². The maximum atomic E-state index is 12.0. The number of hydrogen-bond acceptors (Lipinski definition) is 5. The average molecular weight is 289 g/mol. The van der Waals surface area contributed by atoms with Gasteiger partial charge in [-0.3, -0.25) is 13.9 Å². The van der Waals surface area contributed by atoms with Crippen LogP contribution in [-0.4, -0.2) is 35.6 Å². The molecule has 0 spiro atoms. The van der Waals surface area contributed by atoms with Crippen molar-refractivity contribution in [2.24, 2.45) is 14.1 Å². The summed E-state index contributed by atoms with van der Waals surface area (Å²) in [6.45, 7) is 0.599. The fourth-order valence-electron chi connectivity index (χ4n) is 2.14. The predicted molar refractivity (Wildman–Crippen MR) is 77.4 cm³/mol. The molecule has 0 saturated heterocycles. The van der Waals surface area contributed by atoms with Crippen LogP contribution in [0.3, 0.4) is 0 Å². The summed E-state index contributed by atoms with van der Waals surface area (Å²) in [5, 5.41) is 3.08.